The highest BCUT2D eigenvalue weighted by atomic mass is 16.3. The summed E-state index contributed by atoms with van der Waals surface area (Å²) in [5, 5.41) is 8.58. The van der Waals surface area contributed by atoms with E-state index in [1.165, 1.54) is 82.8 Å². The summed E-state index contributed by atoms with van der Waals surface area (Å²) in [6, 6.07) is 59.7. The van der Waals surface area contributed by atoms with E-state index in [0.717, 1.165) is 21.9 Å². The summed E-state index contributed by atoms with van der Waals surface area (Å²) in [5.74, 6) is 0. The van der Waals surface area contributed by atoms with Gasteiger partial charge in [-0.05, 0) is 85.3 Å². The van der Waals surface area contributed by atoms with Crippen molar-refractivity contribution >= 4 is 54.4 Å². The van der Waals surface area contributed by atoms with Crippen molar-refractivity contribution in [3.05, 3.63) is 175 Å². The lowest BCUT2D eigenvalue weighted by Gasteiger charge is -2.24. The third kappa shape index (κ3) is 3.77. The van der Waals surface area contributed by atoms with Gasteiger partial charge in [0.25, 0.3) is 0 Å². The van der Waals surface area contributed by atoms with E-state index < -0.39 is 0 Å². The first-order valence-electron chi connectivity index (χ1n) is 17.8. The Morgan fingerprint density at radius 2 is 0.922 bits per heavy atom. The Labute approximate surface area is 295 Å². The Morgan fingerprint density at radius 3 is 1.61 bits per heavy atom. The first kappa shape index (κ1) is 28.5. The molecule has 0 N–H and O–H groups in total. The molecule has 8 aromatic carbocycles. The van der Waals surface area contributed by atoms with Crippen molar-refractivity contribution in [2.24, 2.45) is 0 Å². The largest absolute Gasteiger partial charge is 0.456 e. The molecule has 2 heteroatoms. The van der Waals surface area contributed by atoms with Crippen LogP contribution in [0.15, 0.2) is 168 Å². The number of para-hydroxylation sites is 2. The molecule has 0 bridgehead atoms. The molecule has 0 radical (unpaired) electrons. The molecule has 2 aromatic heterocycles. The molecule has 0 saturated carbocycles. The van der Waals surface area contributed by atoms with Crippen LogP contribution in [-0.4, -0.2) is 4.57 Å². The van der Waals surface area contributed by atoms with E-state index in [-0.39, 0.29) is 5.41 Å². The fourth-order valence-corrected chi connectivity index (χ4v) is 9.31. The normalized spacial score (nSPS) is 13.5. The first-order chi connectivity index (χ1) is 25.1. The molecule has 1 aliphatic carbocycles. The molecule has 0 unspecified atom stereocenters. The van der Waals surface area contributed by atoms with Crippen molar-refractivity contribution in [3.63, 3.8) is 0 Å². The minimum absolute atomic E-state index is 0.182. The molecular weight excluding hydrogens is 619 g/mol. The van der Waals surface area contributed by atoms with Gasteiger partial charge in [0.15, 0.2) is 0 Å². The minimum atomic E-state index is -0.182. The van der Waals surface area contributed by atoms with Gasteiger partial charge in [-0.3, -0.25) is 0 Å². The van der Waals surface area contributed by atoms with Crippen LogP contribution in [0.3, 0.4) is 0 Å². The molecule has 0 saturated heterocycles. The van der Waals surface area contributed by atoms with E-state index >= 15 is 0 Å². The van der Waals surface area contributed by atoms with Crippen LogP contribution in [0.4, 0.5) is 0 Å². The predicted molar refractivity (Wildman–Crippen MR) is 214 cm³/mol. The smallest absolute Gasteiger partial charge is 0.136 e. The lowest BCUT2D eigenvalue weighted by molar-refractivity contribution is 0.624. The molecular formula is C49H33NO. The minimum Gasteiger partial charge on any atom is -0.456 e. The van der Waals surface area contributed by atoms with Crippen LogP contribution in [0.1, 0.15) is 25.1 Å². The van der Waals surface area contributed by atoms with Crippen LogP contribution >= 0.6 is 0 Å². The van der Waals surface area contributed by atoms with Crippen LogP contribution < -0.4 is 0 Å². The van der Waals surface area contributed by atoms with Gasteiger partial charge in [0.1, 0.15) is 11.2 Å². The second-order valence-corrected chi connectivity index (χ2v) is 14.4. The van der Waals surface area contributed by atoms with E-state index in [1.54, 1.807) is 0 Å². The van der Waals surface area contributed by atoms with Gasteiger partial charge in [-0.2, -0.15) is 0 Å². The molecule has 0 fully saturated rings. The van der Waals surface area contributed by atoms with E-state index in [9.17, 15) is 0 Å². The molecule has 0 atom stereocenters. The molecule has 0 spiro atoms. The fraction of sp³-hybridized carbons (Fsp3) is 0.0612. The number of nitrogens with zero attached hydrogens (tertiary/aromatic N) is 1. The molecule has 0 amide bonds. The number of benzene rings is 8. The third-order valence-corrected chi connectivity index (χ3v) is 11.3. The Balaban J connectivity index is 1.32. The van der Waals surface area contributed by atoms with Gasteiger partial charge < -0.3 is 8.98 Å². The highest BCUT2D eigenvalue weighted by molar-refractivity contribution is 6.28. The molecule has 10 aromatic rings. The van der Waals surface area contributed by atoms with Gasteiger partial charge in [0.2, 0.25) is 0 Å². The Bertz CT molecular complexity index is 2990. The van der Waals surface area contributed by atoms with Gasteiger partial charge in [0, 0.05) is 38.5 Å². The number of furan rings is 1. The molecule has 2 heterocycles. The van der Waals surface area contributed by atoms with Crippen LogP contribution in [0, 0.1) is 0 Å². The summed E-state index contributed by atoms with van der Waals surface area (Å²) < 4.78 is 8.93. The second kappa shape index (κ2) is 10.3. The van der Waals surface area contributed by atoms with Crippen LogP contribution in [0.2, 0.25) is 0 Å². The predicted octanol–water partition coefficient (Wildman–Crippen LogP) is 13.5. The van der Waals surface area contributed by atoms with Gasteiger partial charge in [-0.25, -0.2) is 0 Å². The molecule has 0 aliphatic heterocycles. The zero-order valence-electron chi connectivity index (χ0n) is 28.4. The number of rotatable bonds is 3. The van der Waals surface area contributed by atoms with E-state index in [1.807, 2.05) is 6.07 Å². The van der Waals surface area contributed by atoms with Gasteiger partial charge in [-0.15, -0.1) is 0 Å². The van der Waals surface area contributed by atoms with Gasteiger partial charge >= 0.3 is 0 Å². The maximum absolute atomic E-state index is 6.40. The first-order valence-corrected chi connectivity index (χ1v) is 17.8. The second-order valence-electron chi connectivity index (χ2n) is 14.4. The summed E-state index contributed by atoms with van der Waals surface area (Å²) >= 11 is 0. The highest BCUT2D eigenvalue weighted by Gasteiger charge is 2.41. The average Bonchev–Trinajstić information content (AvgIpc) is 3.81. The van der Waals surface area contributed by atoms with Crippen molar-refractivity contribution in [1.82, 2.24) is 4.57 Å². The standard InChI is InChI=1S/C49H33NO/c1-49(2)39-26-12-10-22-35(39)47-46-38(24-14-27-40(46)50(48(47)49)30-16-4-3-5-17-30)44-33-20-8-6-18-31(33)43(32-19-7-9-21-34(32)44)37-25-15-29-42-45(37)36-23-11-13-28-41(36)51-42/h3-29H,1-2H3. The molecule has 51 heavy (non-hydrogen) atoms. The van der Waals surface area contributed by atoms with Crippen LogP contribution in [0.25, 0.3) is 93.5 Å². The van der Waals surface area contributed by atoms with Gasteiger partial charge in [0.05, 0.1) is 5.52 Å². The lowest BCUT2D eigenvalue weighted by atomic mass is 9.83. The third-order valence-electron chi connectivity index (χ3n) is 11.3. The zero-order chi connectivity index (χ0) is 33.8. The molecule has 11 rings (SSSR count). The van der Waals surface area contributed by atoms with E-state index in [2.05, 4.69) is 176 Å². The number of aromatic nitrogens is 1. The quantitative estimate of drug-likeness (QED) is 0.174. The Hall–Kier alpha value is -6.38. The van der Waals surface area contributed by atoms with Crippen molar-refractivity contribution in [3.8, 4) is 39.1 Å². The lowest BCUT2D eigenvalue weighted by Crippen LogP contribution is -2.19. The van der Waals surface area contributed by atoms with Crippen molar-refractivity contribution in [1.29, 1.82) is 0 Å². The van der Waals surface area contributed by atoms with Crippen molar-refractivity contribution in [2.45, 2.75) is 19.3 Å². The summed E-state index contributed by atoms with van der Waals surface area (Å²) in [6.45, 7) is 4.77. The highest BCUT2D eigenvalue weighted by Crippen LogP contribution is 2.56. The summed E-state index contributed by atoms with van der Waals surface area (Å²) in [6.07, 6.45) is 0. The van der Waals surface area contributed by atoms with E-state index in [4.69, 9.17) is 4.42 Å². The summed E-state index contributed by atoms with van der Waals surface area (Å²) in [7, 11) is 0. The number of hydrogen-bond acceptors (Lipinski definition) is 1. The molecule has 1 aliphatic rings. The maximum atomic E-state index is 6.40. The fourth-order valence-electron chi connectivity index (χ4n) is 9.31. The van der Waals surface area contributed by atoms with Crippen molar-refractivity contribution < 1.29 is 4.42 Å². The Morgan fingerprint density at radius 1 is 0.412 bits per heavy atom. The zero-order valence-corrected chi connectivity index (χ0v) is 28.4. The van der Waals surface area contributed by atoms with Crippen molar-refractivity contribution in [2.75, 3.05) is 0 Å². The topological polar surface area (TPSA) is 18.1 Å². The SMILES string of the molecule is CC1(C)c2ccccc2-c2c1n(-c1ccccc1)c1cccc(-c3c4ccccc4c(-c4cccc5oc6ccccc6c45)c4ccccc34)c21. The maximum Gasteiger partial charge on any atom is 0.136 e. The summed E-state index contributed by atoms with van der Waals surface area (Å²) in [5.41, 5.74) is 14.4. The molecule has 240 valence electrons. The molecule has 2 nitrogen and oxygen atoms in total. The number of fused-ring (bicyclic) bond motifs is 10. The summed E-state index contributed by atoms with van der Waals surface area (Å²) in [4.78, 5) is 0. The van der Waals surface area contributed by atoms with Crippen LogP contribution in [0.5, 0.6) is 0 Å². The Kier molecular flexibility index (Phi) is 5.76. The monoisotopic (exact) mass is 651 g/mol. The number of hydrogen-bond donors (Lipinski definition) is 0. The average molecular weight is 652 g/mol. The van der Waals surface area contributed by atoms with Crippen LogP contribution in [-0.2, 0) is 5.41 Å². The van der Waals surface area contributed by atoms with E-state index in [0.29, 0.717) is 0 Å². The van der Waals surface area contributed by atoms with Gasteiger partial charge in [-0.1, -0.05) is 147 Å².